The Morgan fingerprint density at radius 1 is 1.38 bits per heavy atom. The molecule has 5 aliphatic rings. The second kappa shape index (κ2) is 6.52. The van der Waals surface area contributed by atoms with E-state index in [9.17, 15) is 15.0 Å². The van der Waals surface area contributed by atoms with Gasteiger partial charge in [-0.05, 0) is 63.0 Å². The first-order valence-electron chi connectivity index (χ1n) is 11.3. The molecule has 2 bridgehead atoms. The van der Waals surface area contributed by atoms with Crippen molar-refractivity contribution in [2.75, 3.05) is 33.9 Å². The SMILES string of the molecule is CC[C@@]1(O)CC[C@]2(CO1)[C@@H]1CCC3=C4[C@H](C[C@@H]3O)[C@H](C(=O)OC)C[C@]42CN(C)C1. The average molecular weight is 406 g/mol. The summed E-state index contributed by atoms with van der Waals surface area (Å²) in [6, 6.07) is 0. The largest absolute Gasteiger partial charge is 0.469 e. The number of methoxy groups -OCH3 is 1. The molecule has 1 saturated carbocycles. The number of nitrogens with zero attached hydrogens (tertiary/aromatic N) is 1. The fraction of sp³-hybridized carbons (Fsp3) is 0.870. The second-order valence-electron chi connectivity index (χ2n) is 10.4. The van der Waals surface area contributed by atoms with Crippen LogP contribution in [0.15, 0.2) is 11.1 Å². The van der Waals surface area contributed by atoms with Gasteiger partial charge in [0, 0.05) is 30.3 Å². The fourth-order valence-corrected chi connectivity index (χ4v) is 8.02. The molecule has 2 saturated heterocycles. The maximum absolute atomic E-state index is 12.8. The van der Waals surface area contributed by atoms with E-state index in [1.54, 1.807) is 0 Å². The van der Waals surface area contributed by atoms with Crippen LogP contribution in [0.5, 0.6) is 0 Å². The Morgan fingerprint density at radius 3 is 2.83 bits per heavy atom. The summed E-state index contributed by atoms with van der Waals surface area (Å²) < 4.78 is 11.4. The van der Waals surface area contributed by atoms with Crippen LogP contribution in [-0.4, -0.2) is 66.8 Å². The molecule has 2 heterocycles. The van der Waals surface area contributed by atoms with Crippen LogP contribution in [-0.2, 0) is 14.3 Å². The van der Waals surface area contributed by atoms with E-state index in [1.165, 1.54) is 18.3 Å². The third-order valence-electron chi connectivity index (χ3n) is 9.35. The van der Waals surface area contributed by atoms with Crippen LogP contribution in [0.2, 0.25) is 0 Å². The molecule has 6 heteroatoms. The Balaban J connectivity index is 1.66. The number of piperidine rings is 1. The second-order valence-corrected chi connectivity index (χ2v) is 10.4. The number of carbonyl (C=O) groups excluding carboxylic acids is 1. The van der Waals surface area contributed by atoms with Crippen LogP contribution >= 0.6 is 0 Å². The molecule has 2 spiro atoms. The molecule has 162 valence electrons. The first-order chi connectivity index (χ1) is 13.8. The van der Waals surface area contributed by atoms with E-state index >= 15 is 0 Å². The highest BCUT2D eigenvalue weighted by Gasteiger charge is 2.70. The maximum Gasteiger partial charge on any atom is 0.309 e. The van der Waals surface area contributed by atoms with Gasteiger partial charge in [-0.1, -0.05) is 12.5 Å². The number of rotatable bonds is 2. The molecule has 2 N–H and O–H groups in total. The molecule has 2 aliphatic heterocycles. The summed E-state index contributed by atoms with van der Waals surface area (Å²) in [4.78, 5) is 15.2. The van der Waals surface area contributed by atoms with Gasteiger partial charge in [-0.3, -0.25) is 4.79 Å². The van der Waals surface area contributed by atoms with Crippen LogP contribution in [0.25, 0.3) is 0 Å². The van der Waals surface area contributed by atoms with Crippen LogP contribution in [0.1, 0.15) is 51.9 Å². The van der Waals surface area contributed by atoms with Crippen molar-refractivity contribution in [1.82, 2.24) is 4.90 Å². The number of likely N-dealkylation sites (tertiary alicyclic amines) is 1. The lowest BCUT2D eigenvalue weighted by atomic mass is 9.50. The minimum atomic E-state index is -1.03. The Labute approximate surface area is 173 Å². The molecule has 29 heavy (non-hydrogen) atoms. The topological polar surface area (TPSA) is 79.2 Å². The first-order valence-corrected chi connectivity index (χ1v) is 11.3. The highest BCUT2D eigenvalue weighted by Crippen LogP contribution is 2.71. The van der Waals surface area contributed by atoms with Gasteiger partial charge in [0.15, 0.2) is 5.79 Å². The van der Waals surface area contributed by atoms with Gasteiger partial charge in [0.2, 0.25) is 0 Å². The Hall–Kier alpha value is -0.950. The molecule has 0 unspecified atom stereocenters. The average Bonchev–Trinajstić information content (AvgIpc) is 3.18. The van der Waals surface area contributed by atoms with Crippen LogP contribution in [0.3, 0.4) is 0 Å². The summed E-state index contributed by atoms with van der Waals surface area (Å²) in [5, 5.41) is 21.7. The van der Waals surface area contributed by atoms with Crippen LogP contribution < -0.4 is 0 Å². The van der Waals surface area contributed by atoms with Gasteiger partial charge in [-0.15, -0.1) is 0 Å². The first kappa shape index (κ1) is 20.0. The molecule has 0 aromatic carbocycles. The lowest BCUT2D eigenvalue weighted by Crippen LogP contribution is -2.64. The van der Waals surface area contributed by atoms with Crippen molar-refractivity contribution < 1.29 is 24.5 Å². The minimum Gasteiger partial charge on any atom is -0.469 e. The van der Waals surface area contributed by atoms with Gasteiger partial charge in [-0.2, -0.15) is 0 Å². The van der Waals surface area contributed by atoms with Gasteiger partial charge in [0.25, 0.3) is 0 Å². The van der Waals surface area contributed by atoms with E-state index in [1.807, 2.05) is 6.92 Å². The lowest BCUT2D eigenvalue weighted by molar-refractivity contribution is -0.284. The number of esters is 1. The third-order valence-corrected chi connectivity index (χ3v) is 9.35. The Kier molecular flexibility index (Phi) is 4.49. The lowest BCUT2D eigenvalue weighted by Gasteiger charge is -2.61. The van der Waals surface area contributed by atoms with E-state index < -0.39 is 11.9 Å². The van der Waals surface area contributed by atoms with Crippen molar-refractivity contribution in [2.24, 2.45) is 28.6 Å². The number of carbonyl (C=O) groups is 1. The molecule has 7 atom stereocenters. The number of hydrogen-bond acceptors (Lipinski definition) is 6. The molecular weight excluding hydrogens is 370 g/mol. The molecule has 0 aromatic rings. The molecule has 3 fully saturated rings. The number of aliphatic hydroxyl groups excluding tert-OH is 1. The van der Waals surface area contributed by atoms with E-state index in [2.05, 4.69) is 11.9 Å². The highest BCUT2D eigenvalue weighted by molar-refractivity contribution is 5.75. The third kappa shape index (κ3) is 2.52. The van der Waals surface area contributed by atoms with Crippen LogP contribution in [0, 0.1) is 28.6 Å². The molecule has 0 radical (unpaired) electrons. The summed E-state index contributed by atoms with van der Waals surface area (Å²) in [6.07, 6.45) is 5.12. The quantitative estimate of drug-likeness (QED) is 0.541. The summed E-state index contributed by atoms with van der Waals surface area (Å²) >= 11 is 0. The molecule has 5 rings (SSSR count). The highest BCUT2D eigenvalue weighted by atomic mass is 16.6. The van der Waals surface area contributed by atoms with Crippen LogP contribution in [0.4, 0.5) is 0 Å². The van der Waals surface area contributed by atoms with E-state index in [0.717, 1.165) is 38.8 Å². The summed E-state index contributed by atoms with van der Waals surface area (Å²) in [6.45, 7) is 4.43. The summed E-state index contributed by atoms with van der Waals surface area (Å²) in [7, 11) is 3.66. The smallest absolute Gasteiger partial charge is 0.309 e. The Morgan fingerprint density at radius 2 is 2.17 bits per heavy atom. The van der Waals surface area contributed by atoms with E-state index in [0.29, 0.717) is 31.8 Å². The molecule has 0 aromatic heterocycles. The van der Waals surface area contributed by atoms with Gasteiger partial charge in [-0.25, -0.2) is 0 Å². The van der Waals surface area contributed by atoms with Crippen molar-refractivity contribution in [1.29, 1.82) is 0 Å². The summed E-state index contributed by atoms with van der Waals surface area (Å²) in [5.41, 5.74) is 2.31. The van der Waals surface area contributed by atoms with Gasteiger partial charge in [0.1, 0.15) is 0 Å². The monoisotopic (exact) mass is 405 g/mol. The van der Waals surface area contributed by atoms with E-state index in [4.69, 9.17) is 9.47 Å². The Bertz CT molecular complexity index is 740. The predicted octanol–water partition coefficient (Wildman–Crippen LogP) is 2.09. The van der Waals surface area contributed by atoms with Crippen molar-refractivity contribution in [2.45, 2.75) is 63.8 Å². The molecule has 6 nitrogen and oxygen atoms in total. The zero-order valence-electron chi connectivity index (χ0n) is 17.9. The molecular formula is C23H35NO5. The van der Waals surface area contributed by atoms with Gasteiger partial charge >= 0.3 is 5.97 Å². The zero-order chi connectivity index (χ0) is 20.6. The zero-order valence-corrected chi connectivity index (χ0v) is 17.9. The fourth-order valence-electron chi connectivity index (χ4n) is 8.02. The van der Waals surface area contributed by atoms with Crippen molar-refractivity contribution in [3.8, 4) is 0 Å². The molecule has 0 amide bonds. The van der Waals surface area contributed by atoms with Crippen molar-refractivity contribution in [3.05, 3.63) is 11.1 Å². The summed E-state index contributed by atoms with van der Waals surface area (Å²) in [5.74, 6) is -0.823. The number of hydrogen-bond donors (Lipinski definition) is 2. The number of ether oxygens (including phenoxy) is 2. The normalized spacial score (nSPS) is 49.3. The van der Waals surface area contributed by atoms with E-state index in [-0.39, 0.29) is 28.6 Å². The molecule has 3 aliphatic carbocycles. The predicted molar refractivity (Wildman–Crippen MR) is 107 cm³/mol. The van der Waals surface area contributed by atoms with Gasteiger partial charge in [0.05, 0.1) is 25.7 Å². The van der Waals surface area contributed by atoms with Crippen molar-refractivity contribution >= 4 is 5.97 Å². The maximum atomic E-state index is 12.8. The minimum absolute atomic E-state index is 0.0803. The van der Waals surface area contributed by atoms with Crippen molar-refractivity contribution in [3.63, 3.8) is 0 Å². The standard InChI is InChI=1S/C23H35NO5/c1-4-23(27)8-7-21(13-29-23)14-5-6-15-18(25)9-16-17(20(26)28-3)10-22(21,19(15)16)12-24(2)11-14/h14,16-18,25,27H,4-13H2,1-3H3/t14-,16-,17-,18+,21+,22+,23+/m1/s1. The number of aliphatic hydroxyl groups is 2. The van der Waals surface area contributed by atoms with Gasteiger partial charge < -0.3 is 24.6 Å².